The minimum Gasteiger partial charge on any atom is -0.480 e. The van der Waals surface area contributed by atoms with E-state index >= 15 is 0 Å². The van der Waals surface area contributed by atoms with Gasteiger partial charge in [0.25, 0.3) is 0 Å². The minimum atomic E-state index is -1.04. The van der Waals surface area contributed by atoms with Crippen molar-refractivity contribution in [3.8, 4) is 0 Å². The van der Waals surface area contributed by atoms with E-state index in [9.17, 15) is 9.59 Å². The molecule has 0 spiro atoms. The van der Waals surface area contributed by atoms with Crippen LogP contribution >= 0.6 is 11.8 Å². The lowest BCUT2D eigenvalue weighted by atomic mass is 10.2. The van der Waals surface area contributed by atoms with Crippen LogP contribution < -0.4 is 10.6 Å². The van der Waals surface area contributed by atoms with Gasteiger partial charge < -0.3 is 10.4 Å². The van der Waals surface area contributed by atoms with Crippen molar-refractivity contribution < 1.29 is 14.7 Å². The Labute approximate surface area is 109 Å². The summed E-state index contributed by atoms with van der Waals surface area (Å²) in [4.78, 5) is 22.5. The molecule has 0 aliphatic carbocycles. The number of hydrogen-bond acceptors (Lipinski definition) is 4. The van der Waals surface area contributed by atoms with Crippen LogP contribution in [-0.4, -0.2) is 44.9 Å². The lowest BCUT2D eigenvalue weighted by molar-refractivity contribution is -0.139. The van der Waals surface area contributed by atoms with Crippen molar-refractivity contribution in [1.29, 1.82) is 0 Å². The SMILES string of the molecule is CSCC[C@H](NC(=O)Nc1ccn(C)n1)C(=O)O. The summed E-state index contributed by atoms with van der Waals surface area (Å²) >= 11 is 1.53. The monoisotopic (exact) mass is 272 g/mol. The summed E-state index contributed by atoms with van der Waals surface area (Å²) in [6.45, 7) is 0. The molecule has 7 nitrogen and oxygen atoms in total. The predicted octanol–water partition coefficient (Wildman–Crippen LogP) is 0.748. The Morgan fingerprint density at radius 3 is 2.83 bits per heavy atom. The molecule has 0 radical (unpaired) electrons. The summed E-state index contributed by atoms with van der Waals surface area (Å²) in [6, 6.07) is 0.167. The number of carbonyl (C=O) groups is 2. The molecule has 8 heteroatoms. The lowest BCUT2D eigenvalue weighted by Gasteiger charge is -2.13. The maximum Gasteiger partial charge on any atom is 0.326 e. The molecule has 1 heterocycles. The van der Waals surface area contributed by atoms with Gasteiger partial charge in [-0.2, -0.15) is 16.9 Å². The van der Waals surface area contributed by atoms with Crippen LogP contribution in [0.1, 0.15) is 6.42 Å². The van der Waals surface area contributed by atoms with Crippen molar-refractivity contribution in [2.24, 2.45) is 7.05 Å². The third-order valence-electron chi connectivity index (χ3n) is 2.17. The highest BCUT2D eigenvalue weighted by molar-refractivity contribution is 7.98. The van der Waals surface area contributed by atoms with Crippen LogP contribution in [0.4, 0.5) is 10.6 Å². The number of urea groups is 1. The largest absolute Gasteiger partial charge is 0.480 e. The molecule has 3 N–H and O–H groups in total. The second-order valence-electron chi connectivity index (χ2n) is 3.65. The lowest BCUT2D eigenvalue weighted by Crippen LogP contribution is -2.43. The van der Waals surface area contributed by atoms with Crippen LogP contribution in [0.15, 0.2) is 12.3 Å². The summed E-state index contributed by atoms with van der Waals surface area (Å²) in [6.07, 6.45) is 3.94. The number of aryl methyl sites for hydroxylation is 1. The maximum absolute atomic E-state index is 11.6. The molecule has 18 heavy (non-hydrogen) atoms. The van der Waals surface area contributed by atoms with Crippen molar-refractivity contribution in [2.45, 2.75) is 12.5 Å². The smallest absolute Gasteiger partial charge is 0.326 e. The normalized spacial score (nSPS) is 11.9. The van der Waals surface area contributed by atoms with Crippen LogP contribution in [0.25, 0.3) is 0 Å². The average Bonchev–Trinajstić information content (AvgIpc) is 2.69. The second-order valence-corrected chi connectivity index (χ2v) is 4.63. The zero-order valence-electron chi connectivity index (χ0n) is 10.2. The van der Waals surface area contributed by atoms with E-state index < -0.39 is 18.0 Å². The van der Waals surface area contributed by atoms with E-state index in [1.807, 2.05) is 6.26 Å². The van der Waals surface area contributed by atoms with E-state index in [-0.39, 0.29) is 0 Å². The van der Waals surface area contributed by atoms with Gasteiger partial charge in [-0.05, 0) is 18.4 Å². The fourth-order valence-electron chi connectivity index (χ4n) is 1.29. The molecule has 0 aromatic carbocycles. The fraction of sp³-hybridized carbons (Fsp3) is 0.500. The van der Waals surface area contributed by atoms with Crippen LogP contribution in [0.2, 0.25) is 0 Å². The molecule has 1 rings (SSSR count). The number of carbonyl (C=O) groups excluding carboxylic acids is 1. The van der Waals surface area contributed by atoms with Crippen LogP contribution in [0.3, 0.4) is 0 Å². The number of amides is 2. The first-order chi connectivity index (χ1) is 8.52. The topological polar surface area (TPSA) is 96.3 Å². The second kappa shape index (κ2) is 6.90. The maximum atomic E-state index is 11.6. The molecule has 1 aromatic heterocycles. The fourth-order valence-corrected chi connectivity index (χ4v) is 1.76. The highest BCUT2D eigenvalue weighted by Crippen LogP contribution is 2.03. The number of nitrogens with one attached hydrogen (secondary N) is 2. The third kappa shape index (κ3) is 4.66. The van der Waals surface area contributed by atoms with Crippen molar-refractivity contribution in [3.05, 3.63) is 12.3 Å². The quantitative estimate of drug-likeness (QED) is 0.710. The number of carboxylic acid groups (broad SMARTS) is 1. The Hall–Kier alpha value is -1.70. The van der Waals surface area contributed by atoms with Crippen molar-refractivity contribution in [2.75, 3.05) is 17.3 Å². The molecule has 2 amide bonds. The Morgan fingerprint density at radius 2 is 2.33 bits per heavy atom. The van der Waals surface area contributed by atoms with Gasteiger partial charge in [-0.15, -0.1) is 0 Å². The van der Waals surface area contributed by atoms with E-state index in [0.717, 1.165) is 0 Å². The summed E-state index contributed by atoms with van der Waals surface area (Å²) < 4.78 is 1.54. The summed E-state index contributed by atoms with van der Waals surface area (Å²) in [5.41, 5.74) is 0. The Bertz CT molecular complexity index is 421. The molecule has 0 unspecified atom stereocenters. The molecule has 0 bridgehead atoms. The Balaban J connectivity index is 2.48. The molecule has 0 fully saturated rings. The number of aromatic nitrogens is 2. The van der Waals surface area contributed by atoms with E-state index in [4.69, 9.17) is 5.11 Å². The zero-order chi connectivity index (χ0) is 13.5. The van der Waals surface area contributed by atoms with Crippen LogP contribution in [0, 0.1) is 0 Å². The highest BCUT2D eigenvalue weighted by Gasteiger charge is 2.19. The number of thioether (sulfide) groups is 1. The van der Waals surface area contributed by atoms with Crippen molar-refractivity contribution in [3.63, 3.8) is 0 Å². The van der Waals surface area contributed by atoms with Gasteiger partial charge in [0.1, 0.15) is 6.04 Å². The third-order valence-corrected chi connectivity index (χ3v) is 2.81. The standard InChI is InChI=1S/C10H16N4O3S/c1-14-5-3-8(13-14)12-10(17)11-7(9(15)16)4-6-18-2/h3,5,7H,4,6H2,1-2H3,(H,15,16)(H2,11,12,13,17)/t7-/m0/s1. The molecular weight excluding hydrogens is 256 g/mol. The number of rotatable bonds is 6. The molecule has 0 aliphatic heterocycles. The predicted molar refractivity (Wildman–Crippen MR) is 69.8 cm³/mol. The van der Waals surface area contributed by atoms with Crippen molar-refractivity contribution in [1.82, 2.24) is 15.1 Å². The molecule has 1 atom stereocenters. The van der Waals surface area contributed by atoms with Gasteiger partial charge in [-0.25, -0.2) is 9.59 Å². The van der Waals surface area contributed by atoms with Gasteiger partial charge in [0, 0.05) is 19.3 Å². The van der Waals surface area contributed by atoms with E-state index in [2.05, 4.69) is 15.7 Å². The zero-order valence-corrected chi connectivity index (χ0v) is 11.0. The minimum absolute atomic E-state index is 0.379. The number of carboxylic acids is 1. The van der Waals surface area contributed by atoms with Crippen LogP contribution in [-0.2, 0) is 11.8 Å². The molecule has 0 aliphatic rings. The van der Waals surface area contributed by atoms with Crippen LogP contribution in [0.5, 0.6) is 0 Å². The average molecular weight is 272 g/mol. The van der Waals surface area contributed by atoms with E-state index in [1.165, 1.54) is 16.4 Å². The van der Waals surface area contributed by atoms with Gasteiger partial charge >= 0.3 is 12.0 Å². The van der Waals surface area contributed by atoms with Gasteiger partial charge in [0.2, 0.25) is 0 Å². The Kier molecular flexibility index (Phi) is 5.50. The van der Waals surface area contributed by atoms with Gasteiger partial charge in [0.15, 0.2) is 5.82 Å². The number of nitrogens with zero attached hydrogens (tertiary/aromatic N) is 2. The summed E-state index contributed by atoms with van der Waals surface area (Å²) in [7, 11) is 1.72. The number of aliphatic carboxylic acids is 1. The number of anilines is 1. The van der Waals surface area contributed by atoms with E-state index in [1.54, 1.807) is 19.3 Å². The van der Waals surface area contributed by atoms with Gasteiger partial charge in [-0.3, -0.25) is 10.00 Å². The Morgan fingerprint density at radius 1 is 1.61 bits per heavy atom. The first-order valence-corrected chi connectivity index (χ1v) is 6.71. The van der Waals surface area contributed by atoms with Gasteiger partial charge in [0.05, 0.1) is 0 Å². The first kappa shape index (κ1) is 14.4. The van der Waals surface area contributed by atoms with E-state index in [0.29, 0.717) is 18.0 Å². The molecule has 100 valence electrons. The van der Waals surface area contributed by atoms with Crippen molar-refractivity contribution >= 4 is 29.6 Å². The summed E-state index contributed by atoms with van der Waals surface area (Å²) in [5, 5.41) is 17.8. The molecule has 1 aromatic rings. The number of hydrogen-bond donors (Lipinski definition) is 3. The molecule has 0 saturated heterocycles. The summed E-state index contributed by atoms with van der Waals surface area (Å²) in [5.74, 6) is 0.00474. The molecular formula is C10H16N4O3S. The first-order valence-electron chi connectivity index (χ1n) is 5.32. The van der Waals surface area contributed by atoms with Gasteiger partial charge in [-0.1, -0.05) is 0 Å². The molecule has 0 saturated carbocycles. The highest BCUT2D eigenvalue weighted by atomic mass is 32.2.